The van der Waals surface area contributed by atoms with Gasteiger partial charge in [-0.05, 0) is 49.1 Å². The third-order valence-corrected chi connectivity index (χ3v) is 5.51. The van der Waals surface area contributed by atoms with Crippen molar-refractivity contribution < 1.29 is 4.79 Å². The van der Waals surface area contributed by atoms with E-state index < -0.39 is 0 Å². The van der Waals surface area contributed by atoms with E-state index in [0.717, 1.165) is 27.8 Å². The molecule has 132 valence electrons. The summed E-state index contributed by atoms with van der Waals surface area (Å²) in [5, 5.41) is 0. The fraction of sp³-hybridized carbons (Fsp3) is 0.273. The molecule has 26 heavy (non-hydrogen) atoms. The molecular formula is C22H22N2OS. The van der Waals surface area contributed by atoms with Gasteiger partial charge in [0.2, 0.25) is 0 Å². The highest BCUT2D eigenvalue weighted by Crippen LogP contribution is 2.20. The van der Waals surface area contributed by atoms with Crippen LogP contribution in [0, 0.1) is 26.2 Å². The van der Waals surface area contributed by atoms with Gasteiger partial charge in [-0.25, -0.2) is 0 Å². The molecule has 1 heterocycles. The van der Waals surface area contributed by atoms with Crippen LogP contribution in [0.15, 0.2) is 41.4 Å². The molecule has 0 saturated heterocycles. The second kappa shape index (κ2) is 7.72. The molecule has 0 aliphatic rings. The van der Waals surface area contributed by atoms with E-state index in [0.29, 0.717) is 17.8 Å². The Hall–Kier alpha value is -2.64. The van der Waals surface area contributed by atoms with Gasteiger partial charge >= 0.3 is 0 Å². The Morgan fingerprint density at radius 2 is 2.04 bits per heavy atom. The summed E-state index contributed by atoms with van der Waals surface area (Å²) in [5.41, 5.74) is 5.62. The lowest BCUT2D eigenvalue weighted by molar-refractivity contribution is -0.117. The zero-order chi connectivity index (χ0) is 18.7. The number of amides is 1. The number of carbonyl (C=O) groups excluding carboxylic acids is 1. The molecule has 4 heteroatoms. The summed E-state index contributed by atoms with van der Waals surface area (Å²) in [7, 11) is 0. The summed E-state index contributed by atoms with van der Waals surface area (Å²) in [6.07, 6.45) is 6.81. The van der Waals surface area contributed by atoms with E-state index in [1.807, 2.05) is 30.5 Å². The SMILES string of the molecule is C#CCn1c(=NC(=O)Cc2ccc(C)cc2C)sc2cc(CC)ccc21. The van der Waals surface area contributed by atoms with Crippen molar-refractivity contribution in [2.24, 2.45) is 4.99 Å². The average Bonchev–Trinajstić information content (AvgIpc) is 2.94. The Balaban J connectivity index is 2.01. The number of nitrogens with zero attached hydrogens (tertiary/aromatic N) is 2. The van der Waals surface area contributed by atoms with Crippen molar-refractivity contribution >= 4 is 27.5 Å². The number of terminal acetylenes is 1. The first-order valence-corrected chi connectivity index (χ1v) is 9.53. The van der Waals surface area contributed by atoms with E-state index in [2.05, 4.69) is 42.1 Å². The minimum absolute atomic E-state index is 0.148. The van der Waals surface area contributed by atoms with Crippen LogP contribution in [0.3, 0.4) is 0 Å². The van der Waals surface area contributed by atoms with Gasteiger partial charge < -0.3 is 4.57 Å². The summed E-state index contributed by atoms with van der Waals surface area (Å²) < 4.78 is 3.05. The standard InChI is InChI=1S/C22H22N2OS/c1-5-11-24-19-10-8-17(6-2)13-20(19)26-22(24)23-21(25)14-18-9-7-15(3)12-16(18)4/h1,7-10,12-13H,6,11,14H2,2-4H3. The Bertz CT molecular complexity index is 1080. The zero-order valence-electron chi connectivity index (χ0n) is 15.4. The Labute approximate surface area is 158 Å². The maximum Gasteiger partial charge on any atom is 0.252 e. The van der Waals surface area contributed by atoms with E-state index in [-0.39, 0.29) is 5.91 Å². The van der Waals surface area contributed by atoms with E-state index in [1.54, 1.807) is 0 Å². The highest BCUT2D eigenvalue weighted by molar-refractivity contribution is 7.16. The maximum absolute atomic E-state index is 12.6. The first-order chi connectivity index (χ1) is 12.5. The third-order valence-electron chi connectivity index (χ3n) is 4.46. The molecule has 0 bridgehead atoms. The van der Waals surface area contributed by atoms with Crippen molar-refractivity contribution in [1.29, 1.82) is 0 Å². The second-order valence-electron chi connectivity index (χ2n) is 6.44. The molecule has 3 nitrogen and oxygen atoms in total. The second-order valence-corrected chi connectivity index (χ2v) is 7.45. The predicted molar refractivity (Wildman–Crippen MR) is 108 cm³/mol. The number of fused-ring (bicyclic) bond motifs is 1. The van der Waals surface area contributed by atoms with E-state index in [1.165, 1.54) is 22.5 Å². The zero-order valence-corrected chi connectivity index (χ0v) is 16.2. The van der Waals surface area contributed by atoms with E-state index in [4.69, 9.17) is 6.42 Å². The number of carbonyl (C=O) groups is 1. The monoisotopic (exact) mass is 362 g/mol. The van der Waals surface area contributed by atoms with Crippen LogP contribution in [-0.4, -0.2) is 10.5 Å². The molecule has 2 aromatic carbocycles. The van der Waals surface area contributed by atoms with E-state index in [9.17, 15) is 4.79 Å². The van der Waals surface area contributed by atoms with Gasteiger partial charge in [-0.2, -0.15) is 4.99 Å². The molecule has 0 fully saturated rings. The number of hydrogen-bond acceptors (Lipinski definition) is 2. The van der Waals surface area contributed by atoms with Gasteiger partial charge in [0.25, 0.3) is 5.91 Å². The number of thiazole rings is 1. The first-order valence-electron chi connectivity index (χ1n) is 8.71. The summed E-state index contributed by atoms with van der Waals surface area (Å²) in [5.74, 6) is 2.52. The van der Waals surface area contributed by atoms with Crippen LogP contribution >= 0.6 is 11.3 Å². The van der Waals surface area contributed by atoms with Crippen LogP contribution in [0.1, 0.15) is 29.2 Å². The number of benzene rings is 2. The van der Waals surface area contributed by atoms with Crippen LogP contribution in [0.5, 0.6) is 0 Å². The molecule has 0 spiro atoms. The van der Waals surface area contributed by atoms with Crippen LogP contribution in [0.25, 0.3) is 10.2 Å². The molecule has 0 saturated carbocycles. The summed E-state index contributed by atoms with van der Waals surface area (Å²) >= 11 is 1.52. The highest BCUT2D eigenvalue weighted by atomic mass is 32.1. The van der Waals surface area contributed by atoms with Gasteiger partial charge in [0.1, 0.15) is 0 Å². The van der Waals surface area contributed by atoms with Crippen LogP contribution in [-0.2, 0) is 24.2 Å². The number of aromatic nitrogens is 1. The van der Waals surface area contributed by atoms with Crippen LogP contribution in [0.2, 0.25) is 0 Å². The highest BCUT2D eigenvalue weighted by Gasteiger charge is 2.09. The number of aryl methyl sites for hydroxylation is 3. The fourth-order valence-electron chi connectivity index (χ4n) is 3.02. The number of rotatable bonds is 4. The van der Waals surface area contributed by atoms with E-state index >= 15 is 0 Å². The fourth-order valence-corrected chi connectivity index (χ4v) is 4.13. The Kier molecular flexibility index (Phi) is 5.39. The molecule has 0 radical (unpaired) electrons. The lowest BCUT2D eigenvalue weighted by atomic mass is 10.0. The molecule has 0 aliphatic heterocycles. The van der Waals surface area contributed by atoms with Crippen molar-refractivity contribution in [3.8, 4) is 12.3 Å². The van der Waals surface area contributed by atoms with Crippen LogP contribution in [0.4, 0.5) is 0 Å². The molecule has 0 N–H and O–H groups in total. The molecule has 0 unspecified atom stereocenters. The average molecular weight is 362 g/mol. The molecule has 3 aromatic rings. The Morgan fingerprint density at radius 1 is 1.23 bits per heavy atom. The summed E-state index contributed by atoms with van der Waals surface area (Å²) in [6.45, 7) is 6.61. The minimum Gasteiger partial charge on any atom is -0.305 e. The van der Waals surface area contributed by atoms with Crippen molar-refractivity contribution in [2.75, 3.05) is 0 Å². The molecule has 1 amide bonds. The number of hydrogen-bond donors (Lipinski definition) is 0. The predicted octanol–water partition coefficient (Wildman–Crippen LogP) is 4.19. The molecule has 3 rings (SSSR count). The minimum atomic E-state index is -0.148. The molecule has 0 atom stereocenters. The van der Waals surface area contributed by atoms with Crippen LogP contribution < -0.4 is 4.80 Å². The van der Waals surface area contributed by atoms with Gasteiger partial charge in [0.05, 0.1) is 23.2 Å². The van der Waals surface area contributed by atoms with Crippen molar-refractivity contribution in [3.63, 3.8) is 0 Å². The quantitative estimate of drug-likeness (QED) is 0.641. The smallest absolute Gasteiger partial charge is 0.252 e. The normalized spacial score (nSPS) is 11.7. The van der Waals surface area contributed by atoms with Gasteiger partial charge in [-0.3, -0.25) is 4.79 Å². The summed E-state index contributed by atoms with van der Waals surface area (Å²) in [6, 6.07) is 12.4. The molecule has 1 aromatic heterocycles. The molecule has 0 aliphatic carbocycles. The lowest BCUT2D eigenvalue weighted by Crippen LogP contribution is -2.17. The van der Waals surface area contributed by atoms with Crippen molar-refractivity contribution in [2.45, 2.75) is 40.2 Å². The largest absolute Gasteiger partial charge is 0.305 e. The van der Waals surface area contributed by atoms with Gasteiger partial charge in [-0.1, -0.05) is 54.0 Å². The first kappa shape index (κ1) is 18.2. The Morgan fingerprint density at radius 3 is 2.73 bits per heavy atom. The lowest BCUT2D eigenvalue weighted by Gasteiger charge is -2.04. The summed E-state index contributed by atoms with van der Waals surface area (Å²) in [4.78, 5) is 17.6. The topological polar surface area (TPSA) is 34.4 Å². The van der Waals surface area contributed by atoms with Crippen molar-refractivity contribution in [1.82, 2.24) is 4.57 Å². The maximum atomic E-state index is 12.6. The van der Waals surface area contributed by atoms with Gasteiger partial charge in [0.15, 0.2) is 4.80 Å². The molecular weight excluding hydrogens is 340 g/mol. The third kappa shape index (κ3) is 3.79. The van der Waals surface area contributed by atoms with Gasteiger partial charge in [0, 0.05) is 0 Å². The van der Waals surface area contributed by atoms with Gasteiger partial charge in [-0.15, -0.1) is 6.42 Å². The van der Waals surface area contributed by atoms with Crippen molar-refractivity contribution in [3.05, 3.63) is 63.5 Å².